The Morgan fingerprint density at radius 1 is 1.03 bits per heavy atom. The molecule has 0 saturated carbocycles. The van der Waals surface area contributed by atoms with Crippen molar-refractivity contribution >= 4 is 23.1 Å². The number of carbonyl (C=O) groups excluding carboxylic acids is 1. The Morgan fingerprint density at radius 2 is 1.86 bits per heavy atom. The van der Waals surface area contributed by atoms with Crippen LogP contribution in [0, 0.1) is 13.8 Å². The zero-order chi connectivity index (χ0) is 20.4. The van der Waals surface area contributed by atoms with E-state index in [1.165, 1.54) is 16.7 Å². The quantitative estimate of drug-likeness (QED) is 0.624. The van der Waals surface area contributed by atoms with Crippen molar-refractivity contribution in [2.45, 2.75) is 39.8 Å². The first-order chi connectivity index (χ1) is 14.0. The smallest absolute Gasteiger partial charge is 0.148 e. The molecule has 29 heavy (non-hydrogen) atoms. The Labute approximate surface area is 172 Å². The average Bonchev–Trinajstić information content (AvgIpc) is 2.67. The Hall–Kier alpha value is -2.79. The van der Waals surface area contributed by atoms with Gasteiger partial charge in [0.1, 0.15) is 12.1 Å². The van der Waals surface area contributed by atoms with Gasteiger partial charge in [0, 0.05) is 38.6 Å². The predicted octanol–water partition coefficient (Wildman–Crippen LogP) is 3.70. The van der Waals surface area contributed by atoms with Crippen molar-refractivity contribution in [3.05, 3.63) is 64.8 Å². The molecule has 2 heterocycles. The predicted molar refractivity (Wildman–Crippen MR) is 117 cm³/mol. The van der Waals surface area contributed by atoms with E-state index in [1.807, 2.05) is 6.20 Å². The maximum atomic E-state index is 10.9. The lowest BCUT2D eigenvalue weighted by atomic mass is 10.0. The fourth-order valence-electron chi connectivity index (χ4n) is 4.28. The molecule has 5 heteroatoms. The van der Waals surface area contributed by atoms with Crippen LogP contribution in [-0.2, 0) is 17.8 Å². The highest BCUT2D eigenvalue weighted by Gasteiger charge is 2.25. The Bertz CT molecular complexity index is 1030. The van der Waals surface area contributed by atoms with Crippen LogP contribution < -0.4 is 4.90 Å². The molecule has 0 N–H and O–H groups in total. The highest BCUT2D eigenvalue weighted by atomic mass is 16.1. The van der Waals surface area contributed by atoms with Crippen LogP contribution in [0.4, 0.5) is 5.82 Å². The van der Waals surface area contributed by atoms with Crippen molar-refractivity contribution in [3.63, 3.8) is 0 Å². The van der Waals surface area contributed by atoms with Gasteiger partial charge in [0.05, 0.1) is 17.2 Å². The zero-order valence-corrected chi connectivity index (χ0v) is 17.4. The molecule has 0 unspecified atom stereocenters. The van der Waals surface area contributed by atoms with Crippen LogP contribution in [0.5, 0.6) is 0 Å². The van der Waals surface area contributed by atoms with E-state index < -0.39 is 0 Å². The number of hydrogen-bond donors (Lipinski definition) is 0. The van der Waals surface area contributed by atoms with Crippen LogP contribution in [0.1, 0.15) is 29.2 Å². The molecule has 1 aromatic heterocycles. The molecule has 0 bridgehead atoms. The molecule has 0 amide bonds. The molecule has 4 rings (SSSR count). The van der Waals surface area contributed by atoms with Crippen LogP contribution in [0.15, 0.2) is 42.6 Å². The normalized spacial score (nSPS) is 17.6. The van der Waals surface area contributed by atoms with Crippen LogP contribution in [-0.4, -0.2) is 46.8 Å². The molecule has 150 valence electrons. The van der Waals surface area contributed by atoms with E-state index in [4.69, 9.17) is 4.98 Å². The fraction of sp³-hybridized carbons (Fsp3) is 0.375. The summed E-state index contributed by atoms with van der Waals surface area (Å²) in [6, 6.07) is 13.1. The molecule has 1 saturated heterocycles. The monoisotopic (exact) mass is 388 g/mol. The molecule has 1 fully saturated rings. The highest BCUT2D eigenvalue weighted by Crippen LogP contribution is 2.22. The Morgan fingerprint density at radius 3 is 2.66 bits per heavy atom. The summed E-state index contributed by atoms with van der Waals surface area (Å²) in [5.41, 5.74) is 6.70. The number of nitrogens with zero attached hydrogens (tertiary/aromatic N) is 4. The number of carbonyl (C=O) groups is 1. The average molecular weight is 389 g/mol. The number of rotatable bonds is 5. The molecule has 0 spiro atoms. The molecule has 1 atom stereocenters. The van der Waals surface area contributed by atoms with Crippen molar-refractivity contribution in [1.29, 1.82) is 0 Å². The maximum Gasteiger partial charge on any atom is 0.148 e. The number of hydrogen-bond acceptors (Lipinski definition) is 5. The third kappa shape index (κ3) is 4.46. The van der Waals surface area contributed by atoms with Crippen molar-refractivity contribution in [2.75, 3.05) is 24.5 Å². The number of aldehydes is 1. The summed E-state index contributed by atoms with van der Waals surface area (Å²) >= 11 is 0. The van der Waals surface area contributed by atoms with E-state index >= 15 is 0 Å². The number of aryl methyl sites for hydroxylation is 2. The first-order valence-corrected chi connectivity index (χ1v) is 10.3. The zero-order valence-electron chi connectivity index (χ0n) is 17.4. The first-order valence-electron chi connectivity index (χ1n) is 10.3. The largest absolute Gasteiger partial charge is 0.350 e. The topological polar surface area (TPSA) is 49.3 Å². The van der Waals surface area contributed by atoms with Crippen molar-refractivity contribution in [3.8, 4) is 0 Å². The van der Waals surface area contributed by atoms with Gasteiger partial charge in [0.2, 0.25) is 0 Å². The minimum atomic E-state index is 0.361. The second-order valence-corrected chi connectivity index (χ2v) is 8.20. The number of piperazine rings is 1. The van der Waals surface area contributed by atoms with Gasteiger partial charge in [-0.2, -0.15) is 0 Å². The van der Waals surface area contributed by atoms with E-state index in [9.17, 15) is 4.79 Å². The van der Waals surface area contributed by atoms with Gasteiger partial charge in [-0.3, -0.25) is 9.88 Å². The highest BCUT2D eigenvalue weighted by molar-refractivity contribution is 5.76. The molecule has 5 nitrogen and oxygen atoms in total. The van der Waals surface area contributed by atoms with Gasteiger partial charge < -0.3 is 9.69 Å². The Kier molecular flexibility index (Phi) is 5.58. The molecular formula is C24H28N4O. The molecule has 2 aromatic carbocycles. The number of anilines is 1. The van der Waals surface area contributed by atoms with Crippen molar-refractivity contribution in [1.82, 2.24) is 14.9 Å². The summed E-state index contributed by atoms with van der Waals surface area (Å²) in [5.74, 6) is 0.956. The lowest BCUT2D eigenvalue weighted by molar-refractivity contribution is -0.107. The Balaban J connectivity index is 1.46. The molecule has 0 radical (unpaired) electrons. The van der Waals surface area contributed by atoms with Gasteiger partial charge in [-0.05, 0) is 49.6 Å². The van der Waals surface area contributed by atoms with Gasteiger partial charge in [0.25, 0.3) is 0 Å². The van der Waals surface area contributed by atoms with E-state index in [-0.39, 0.29) is 0 Å². The number of benzene rings is 2. The van der Waals surface area contributed by atoms with E-state index in [0.717, 1.165) is 54.9 Å². The standard InChI is InChI=1S/C24H28N4O/c1-17-4-5-22-23(12-17)25-14-24(26-22)28-8-7-27(15-19(28)3)16-21-11-18(2)10-20(13-21)6-9-29/h4-5,9-14,19H,6-8,15-16H2,1-3H3/t19-/m0/s1. The van der Waals surface area contributed by atoms with Crippen LogP contribution >= 0.6 is 0 Å². The number of fused-ring (bicyclic) bond motifs is 1. The van der Waals surface area contributed by atoms with Crippen LogP contribution in [0.2, 0.25) is 0 Å². The summed E-state index contributed by atoms with van der Waals surface area (Å²) < 4.78 is 0. The molecular weight excluding hydrogens is 360 g/mol. The number of aromatic nitrogens is 2. The van der Waals surface area contributed by atoms with Crippen LogP contribution in [0.3, 0.4) is 0 Å². The third-order valence-electron chi connectivity index (χ3n) is 5.61. The maximum absolute atomic E-state index is 10.9. The summed E-state index contributed by atoms with van der Waals surface area (Å²) in [4.78, 5) is 25.2. The fourth-order valence-corrected chi connectivity index (χ4v) is 4.28. The van der Waals surface area contributed by atoms with Gasteiger partial charge in [-0.25, -0.2) is 4.98 Å². The summed E-state index contributed by atoms with van der Waals surface area (Å²) in [7, 11) is 0. The second-order valence-electron chi connectivity index (χ2n) is 8.20. The van der Waals surface area contributed by atoms with Gasteiger partial charge in [0.15, 0.2) is 0 Å². The van der Waals surface area contributed by atoms with Crippen LogP contribution in [0.25, 0.3) is 11.0 Å². The summed E-state index contributed by atoms with van der Waals surface area (Å²) in [5, 5.41) is 0. The lowest BCUT2D eigenvalue weighted by Crippen LogP contribution is -2.51. The van der Waals surface area contributed by atoms with E-state index in [0.29, 0.717) is 12.5 Å². The van der Waals surface area contributed by atoms with Crippen molar-refractivity contribution in [2.24, 2.45) is 0 Å². The van der Waals surface area contributed by atoms with E-state index in [2.05, 4.69) is 72.0 Å². The molecule has 1 aliphatic heterocycles. The van der Waals surface area contributed by atoms with Gasteiger partial charge in [-0.1, -0.05) is 29.8 Å². The van der Waals surface area contributed by atoms with Crippen molar-refractivity contribution < 1.29 is 4.79 Å². The third-order valence-corrected chi connectivity index (χ3v) is 5.61. The van der Waals surface area contributed by atoms with Gasteiger partial charge in [-0.15, -0.1) is 0 Å². The summed E-state index contributed by atoms with van der Waals surface area (Å²) in [6.45, 7) is 10.2. The SMILES string of the molecule is Cc1cc(CC=O)cc(CN2CCN(c3cnc4cc(C)ccc4n3)[C@@H](C)C2)c1. The minimum absolute atomic E-state index is 0.361. The lowest BCUT2D eigenvalue weighted by Gasteiger charge is -2.40. The van der Waals surface area contributed by atoms with Gasteiger partial charge >= 0.3 is 0 Å². The van der Waals surface area contributed by atoms with E-state index in [1.54, 1.807) is 0 Å². The molecule has 0 aliphatic carbocycles. The summed E-state index contributed by atoms with van der Waals surface area (Å²) in [6.07, 6.45) is 3.37. The molecule has 3 aromatic rings. The molecule has 1 aliphatic rings. The second kappa shape index (κ2) is 8.29. The minimum Gasteiger partial charge on any atom is -0.350 e. The first kappa shape index (κ1) is 19.5.